The van der Waals surface area contributed by atoms with E-state index in [-0.39, 0.29) is 52.5 Å². The fourth-order valence-electron chi connectivity index (χ4n) is 3.50. The third kappa shape index (κ3) is 32.1. The molecule has 18 heteroatoms. The number of carbonyl (C=O) groups is 2. The molecule has 44 heavy (non-hydrogen) atoms. The number of carboxylic acids is 1. The molecule has 0 heterocycles. The zero-order valence-corrected chi connectivity index (χ0v) is 27.4. The van der Waals surface area contributed by atoms with E-state index >= 15 is 0 Å². The van der Waals surface area contributed by atoms with Gasteiger partial charge in [-0.15, -0.1) is 0 Å². The van der Waals surface area contributed by atoms with Gasteiger partial charge in [-0.25, -0.2) is 10.5 Å². The Morgan fingerprint density at radius 1 is 0.750 bits per heavy atom. The van der Waals surface area contributed by atoms with Crippen molar-refractivity contribution in [3.63, 3.8) is 0 Å². The Morgan fingerprint density at radius 3 is 1.66 bits per heavy atom. The Bertz CT molecular complexity index is 752. The second-order valence-electron chi connectivity index (χ2n) is 8.88. The van der Waals surface area contributed by atoms with E-state index in [1.807, 2.05) is 31.2 Å². The van der Waals surface area contributed by atoms with E-state index in [4.69, 9.17) is 15.3 Å². The van der Waals surface area contributed by atoms with Crippen LogP contribution in [0.1, 0.15) is 96.1 Å². The molecule has 0 fully saturated rings. The van der Waals surface area contributed by atoms with Gasteiger partial charge in [0.1, 0.15) is 6.04 Å². The van der Waals surface area contributed by atoms with Crippen LogP contribution in [-0.2, 0) is 104 Å². The molecule has 0 amide bonds. The van der Waals surface area contributed by atoms with Crippen LogP contribution in [0.2, 0.25) is 0 Å². The van der Waals surface area contributed by atoms with Crippen molar-refractivity contribution in [1.29, 1.82) is 0 Å². The van der Waals surface area contributed by atoms with Crippen molar-refractivity contribution in [3.05, 3.63) is 35.4 Å². The fraction of sp³-hybridized carbons (Fsp3) is 0.692. The maximum atomic E-state index is 11.8. The average molecular weight is 719 g/mol. The average Bonchev–Trinajstić information content (AvgIpc) is 2.98. The molecule has 0 aliphatic rings. The molecule has 0 spiro atoms. The van der Waals surface area contributed by atoms with Gasteiger partial charge in [0.15, 0.2) is 0 Å². The van der Waals surface area contributed by atoms with Gasteiger partial charge in [0.2, 0.25) is 0 Å². The summed E-state index contributed by atoms with van der Waals surface area (Å²) in [5.41, 5.74) is 2.10. The number of hydrogen-bond donors (Lipinski definition) is 4. The zero-order chi connectivity index (χ0) is 31.1. The van der Waals surface area contributed by atoms with E-state index in [2.05, 4.69) is 62.6 Å². The molecule has 255 valence electrons. The Kier molecular flexibility index (Phi) is 38.8. The van der Waals surface area contributed by atoms with Gasteiger partial charge < -0.3 is 15.2 Å². The number of nitrogens with one attached hydrogen (secondary N) is 1. The van der Waals surface area contributed by atoms with Crippen molar-refractivity contribution in [1.82, 2.24) is 5.32 Å². The maximum absolute atomic E-state index is 11.8. The van der Waals surface area contributed by atoms with Gasteiger partial charge in [-0.3, -0.25) is 9.59 Å². The van der Waals surface area contributed by atoms with E-state index in [0.29, 0.717) is 19.6 Å². The summed E-state index contributed by atoms with van der Waals surface area (Å²) in [4.78, 5) is 23.3. The Morgan fingerprint density at radius 2 is 1.20 bits per heavy atom. The van der Waals surface area contributed by atoms with Gasteiger partial charge in [-0.1, -0.05) is 102 Å². The second kappa shape index (κ2) is 36.2. The van der Waals surface area contributed by atoms with Crippen LogP contribution in [-0.4, -0.2) is 46.8 Å². The topological polar surface area (TPSA) is 208 Å². The molecule has 0 aliphatic carbocycles. The molecule has 0 bridgehead atoms. The predicted octanol–water partition coefficient (Wildman–Crippen LogP) is 5.40. The fourth-order valence-corrected chi connectivity index (χ4v) is 3.50. The quantitative estimate of drug-likeness (QED) is 0.0388. The van der Waals surface area contributed by atoms with E-state index in [1.165, 1.54) is 51.4 Å². The van der Waals surface area contributed by atoms with Gasteiger partial charge >= 0.3 is 11.9 Å². The van der Waals surface area contributed by atoms with Crippen LogP contribution >= 0.6 is 0 Å². The first-order chi connectivity index (χ1) is 20.4. The largest absolute Gasteiger partial charge is 0.480 e. The van der Waals surface area contributed by atoms with E-state index in [0.717, 1.165) is 24.0 Å². The minimum Gasteiger partial charge on any atom is -0.480 e. The SMILES string of the molecule is C.CCCCCCCCCCCCOC(=O)CCNC(Cc1ccc(C)cc1)C(=O)O.OOOOOOOOOOOO.[Y]. The van der Waals surface area contributed by atoms with E-state index in [9.17, 15) is 14.7 Å². The summed E-state index contributed by atoms with van der Waals surface area (Å²) in [6.45, 7) is 5.00. The van der Waals surface area contributed by atoms with Gasteiger partial charge in [0, 0.05) is 39.3 Å². The van der Waals surface area contributed by atoms with E-state index < -0.39 is 12.0 Å². The van der Waals surface area contributed by atoms with Crippen LogP contribution < -0.4 is 5.32 Å². The molecular weight excluding hydrogens is 671 g/mol. The number of hydrogen-bond acceptors (Lipinski definition) is 16. The second-order valence-corrected chi connectivity index (χ2v) is 8.88. The first-order valence-corrected chi connectivity index (χ1v) is 13.6. The van der Waals surface area contributed by atoms with Crippen LogP contribution in [0.15, 0.2) is 24.3 Å². The molecule has 0 saturated heterocycles. The third-order valence-electron chi connectivity index (χ3n) is 5.59. The molecule has 0 aliphatic heterocycles. The maximum Gasteiger partial charge on any atom is 0.321 e. The number of carbonyl (C=O) groups excluding carboxylic acids is 1. The Hall–Kier alpha value is -1.26. The number of rotatable bonds is 27. The minimum absolute atomic E-state index is 0. The summed E-state index contributed by atoms with van der Waals surface area (Å²) in [7, 11) is 0. The molecule has 4 N–H and O–H groups in total. The van der Waals surface area contributed by atoms with Crippen molar-refractivity contribution in [3.8, 4) is 0 Å². The summed E-state index contributed by atoms with van der Waals surface area (Å²) >= 11 is 0. The normalized spacial score (nSPS) is 11.0. The van der Waals surface area contributed by atoms with Crippen LogP contribution in [0.3, 0.4) is 0 Å². The van der Waals surface area contributed by atoms with Crippen molar-refractivity contribution in [2.45, 2.75) is 104 Å². The first kappa shape index (κ1) is 47.2. The molecule has 1 radical (unpaired) electrons. The number of aryl methyl sites for hydroxylation is 1. The van der Waals surface area contributed by atoms with Gasteiger partial charge in [-0.2, -0.15) is 0 Å². The molecule has 1 aromatic carbocycles. The molecule has 1 aromatic rings. The zero-order valence-electron chi connectivity index (χ0n) is 24.5. The molecule has 1 unspecified atom stereocenters. The Balaban J connectivity index is -0.00000102. The number of benzene rings is 1. The Labute approximate surface area is 282 Å². The molecule has 0 aromatic heterocycles. The number of ether oxygens (including phenoxy) is 1. The standard InChI is InChI=1S/C25H41NO4.CH4.H2O12.Y/c1-3-4-5-6-7-8-9-10-11-12-19-30-24(27)17-18-26-23(25(28)29)20-22-15-13-21(2)14-16-22;;1-3-5-7-9-11-12-10-8-6-4-2;/h13-16,23,26H,3-12,17-20H2,1-2H3,(H,28,29);1H4;1-2H;. The molecular formula is C26H47NO16Y. The third-order valence-corrected chi connectivity index (χ3v) is 5.59. The minimum atomic E-state index is -0.908. The molecule has 1 atom stereocenters. The van der Waals surface area contributed by atoms with Gasteiger partial charge in [-0.05, 0) is 75.7 Å². The summed E-state index contributed by atoms with van der Waals surface area (Å²) in [6.07, 6.45) is 13.1. The summed E-state index contributed by atoms with van der Waals surface area (Å²) in [6, 6.07) is 7.11. The van der Waals surface area contributed by atoms with Crippen LogP contribution in [0, 0.1) is 6.92 Å². The van der Waals surface area contributed by atoms with E-state index in [1.54, 1.807) is 0 Å². The first-order valence-electron chi connectivity index (χ1n) is 13.6. The van der Waals surface area contributed by atoms with Gasteiger partial charge in [0.25, 0.3) is 0 Å². The number of aliphatic carboxylic acids is 1. The molecule has 1 rings (SSSR count). The van der Waals surface area contributed by atoms with Crippen molar-refractivity contribution in [2.24, 2.45) is 0 Å². The molecule has 0 saturated carbocycles. The van der Waals surface area contributed by atoms with Crippen molar-refractivity contribution >= 4 is 11.9 Å². The number of carboxylic acid groups (broad SMARTS) is 1. The van der Waals surface area contributed by atoms with Gasteiger partial charge in [0.05, 0.1) is 13.0 Å². The van der Waals surface area contributed by atoms with Crippen LogP contribution in [0.5, 0.6) is 0 Å². The number of esters is 1. The summed E-state index contributed by atoms with van der Waals surface area (Å²) in [5.74, 6) is -1.17. The van der Waals surface area contributed by atoms with Crippen molar-refractivity contribution in [2.75, 3.05) is 13.2 Å². The smallest absolute Gasteiger partial charge is 0.321 e. The summed E-state index contributed by atoms with van der Waals surface area (Å²) < 4.78 is 5.26. The predicted molar refractivity (Wildman–Crippen MR) is 145 cm³/mol. The summed E-state index contributed by atoms with van der Waals surface area (Å²) in [5, 5.41) is 59.3. The number of unbranched alkanes of at least 4 members (excludes halogenated alkanes) is 9. The molecule has 17 nitrogen and oxygen atoms in total. The van der Waals surface area contributed by atoms with Crippen molar-refractivity contribution < 1.29 is 113 Å². The monoisotopic (exact) mass is 718 g/mol. The van der Waals surface area contributed by atoms with Crippen LogP contribution in [0.4, 0.5) is 0 Å². The van der Waals surface area contributed by atoms with Crippen LogP contribution in [0.25, 0.3) is 0 Å².